The molecule has 264 valence electrons. The summed E-state index contributed by atoms with van der Waals surface area (Å²) in [4.78, 5) is 26.7. The molecule has 0 aliphatic carbocycles. The van der Waals surface area contributed by atoms with Crippen molar-refractivity contribution in [2.45, 2.75) is 155 Å². The zero-order valence-corrected chi connectivity index (χ0v) is 31.1. The average Bonchev–Trinajstić information content (AvgIpc) is 3.43. The number of hydrogen-bond donors (Lipinski definition) is 2. The molecule has 10 heteroatoms. The fourth-order valence-corrected chi connectivity index (χ4v) is 5.40. The number of unbranched alkanes of at least 4 members (excludes halogenated alkanes) is 16. The van der Waals surface area contributed by atoms with Crippen molar-refractivity contribution in [3.63, 3.8) is 0 Å². The van der Waals surface area contributed by atoms with Gasteiger partial charge in [0.1, 0.15) is 18.5 Å². The lowest BCUT2D eigenvalue weighted by Crippen LogP contribution is -3.00. The maximum absolute atomic E-state index is 13.0. The third-order valence-corrected chi connectivity index (χ3v) is 8.15. The summed E-state index contributed by atoms with van der Waals surface area (Å²) < 4.78 is 15.6. The Labute approximate surface area is 286 Å². The van der Waals surface area contributed by atoms with Gasteiger partial charge >= 0.3 is 12.1 Å². The van der Waals surface area contributed by atoms with Crippen LogP contribution in [0, 0.1) is 0 Å². The predicted octanol–water partition coefficient (Wildman–Crippen LogP) is 4.52. The molecule has 1 rings (SSSR count). The van der Waals surface area contributed by atoms with Gasteiger partial charge < -0.3 is 42.0 Å². The van der Waals surface area contributed by atoms with Crippen LogP contribution in [0.1, 0.15) is 136 Å². The van der Waals surface area contributed by atoms with Gasteiger partial charge in [0, 0.05) is 26.2 Å². The Bertz CT molecular complexity index is 839. The SMILES string of the molecule is CCCCCCCCCCCCCCCCCCNC(=O)N(CC(COCCCC[n+]1ccn(C)c1)OC(=O)NC)C(C)C.[Br-]. The molecule has 0 radical (unpaired) electrons. The summed E-state index contributed by atoms with van der Waals surface area (Å²) in [5.41, 5.74) is 0. The van der Waals surface area contributed by atoms with E-state index < -0.39 is 12.2 Å². The Morgan fingerprint density at radius 2 is 1.40 bits per heavy atom. The van der Waals surface area contributed by atoms with Crippen LogP contribution in [-0.4, -0.2) is 67.1 Å². The molecule has 1 aromatic rings. The van der Waals surface area contributed by atoms with E-state index >= 15 is 0 Å². The Morgan fingerprint density at radius 3 is 1.89 bits per heavy atom. The minimum absolute atomic E-state index is 0. The van der Waals surface area contributed by atoms with Crippen LogP contribution in [0.15, 0.2) is 18.7 Å². The number of nitrogens with one attached hydrogen (secondary N) is 2. The number of nitrogens with zero attached hydrogens (tertiary/aromatic N) is 3. The number of urea groups is 1. The fourth-order valence-electron chi connectivity index (χ4n) is 5.40. The van der Waals surface area contributed by atoms with Gasteiger partial charge in [0.25, 0.3) is 0 Å². The first kappa shape index (κ1) is 43.2. The van der Waals surface area contributed by atoms with Crippen LogP contribution in [0.25, 0.3) is 0 Å². The zero-order chi connectivity index (χ0) is 32.3. The first-order valence-corrected chi connectivity index (χ1v) is 17.9. The van der Waals surface area contributed by atoms with Gasteiger partial charge in [-0.2, -0.15) is 0 Å². The molecular formula is C35H68BrN5O4. The van der Waals surface area contributed by atoms with E-state index in [0.29, 0.717) is 13.2 Å². The molecule has 1 atom stereocenters. The Hall–Kier alpha value is -1.81. The van der Waals surface area contributed by atoms with Gasteiger partial charge in [-0.1, -0.05) is 103 Å². The Balaban J connectivity index is 0.0000194. The van der Waals surface area contributed by atoms with Crippen molar-refractivity contribution in [3.05, 3.63) is 18.7 Å². The van der Waals surface area contributed by atoms with Crippen LogP contribution in [0.5, 0.6) is 0 Å². The number of alkyl carbamates (subject to hydrolysis) is 1. The van der Waals surface area contributed by atoms with Gasteiger partial charge in [-0.15, -0.1) is 0 Å². The van der Waals surface area contributed by atoms with E-state index in [9.17, 15) is 9.59 Å². The summed E-state index contributed by atoms with van der Waals surface area (Å²) in [5.74, 6) is 0. The highest BCUT2D eigenvalue weighted by molar-refractivity contribution is 5.74. The number of hydrogen-bond acceptors (Lipinski definition) is 4. The maximum atomic E-state index is 13.0. The average molecular weight is 703 g/mol. The number of aromatic nitrogens is 2. The van der Waals surface area contributed by atoms with Gasteiger partial charge in [-0.3, -0.25) is 0 Å². The maximum Gasteiger partial charge on any atom is 0.407 e. The van der Waals surface area contributed by atoms with Gasteiger partial charge in [0.2, 0.25) is 6.33 Å². The standard InChI is InChI=1S/C35H67N5O4.BrH/c1-6-7-8-9-10-11-12-13-14-15-16-17-18-19-20-21-24-37-34(41)40(32(2)3)29-33(44-35(42)36-4)30-43-28-23-22-25-39-27-26-38(5)31-39;/h26-27,31-33H,6-25,28-30H2,1-5H3,(H-,36,37,41,42);1H. The third kappa shape index (κ3) is 24.1. The van der Waals surface area contributed by atoms with E-state index in [-0.39, 0.29) is 42.2 Å². The van der Waals surface area contributed by atoms with Crippen molar-refractivity contribution < 1.29 is 40.6 Å². The second-order valence-electron chi connectivity index (χ2n) is 12.7. The number of imidazole rings is 1. The molecule has 0 saturated carbocycles. The molecule has 0 aliphatic rings. The minimum Gasteiger partial charge on any atom is -1.00 e. The topological polar surface area (TPSA) is 88.7 Å². The van der Waals surface area contributed by atoms with Crippen LogP contribution < -0.4 is 32.2 Å². The van der Waals surface area contributed by atoms with Crippen LogP contribution >= 0.6 is 0 Å². The Morgan fingerprint density at radius 1 is 0.844 bits per heavy atom. The van der Waals surface area contributed by atoms with Crippen LogP contribution in [0.4, 0.5) is 9.59 Å². The number of carbonyl (C=O) groups excluding carboxylic acids is 2. The largest absolute Gasteiger partial charge is 1.00 e. The first-order chi connectivity index (χ1) is 21.4. The molecule has 0 spiro atoms. The summed E-state index contributed by atoms with van der Waals surface area (Å²) in [7, 11) is 3.54. The van der Waals surface area contributed by atoms with Gasteiger partial charge in [0.15, 0.2) is 0 Å². The van der Waals surface area contributed by atoms with Gasteiger partial charge in [-0.05, 0) is 33.1 Å². The Kier molecular flexibility index (Phi) is 28.4. The fraction of sp³-hybridized carbons (Fsp3) is 0.857. The highest BCUT2D eigenvalue weighted by Gasteiger charge is 2.24. The van der Waals surface area contributed by atoms with E-state index in [2.05, 4.69) is 34.6 Å². The number of halogens is 1. The van der Waals surface area contributed by atoms with E-state index in [1.807, 2.05) is 31.7 Å². The smallest absolute Gasteiger partial charge is 0.407 e. The van der Waals surface area contributed by atoms with E-state index in [1.165, 1.54) is 96.9 Å². The first-order valence-electron chi connectivity index (χ1n) is 17.9. The van der Waals surface area contributed by atoms with Crippen molar-refractivity contribution in [3.8, 4) is 0 Å². The van der Waals surface area contributed by atoms with Gasteiger partial charge in [0.05, 0.1) is 26.7 Å². The molecule has 45 heavy (non-hydrogen) atoms. The lowest BCUT2D eigenvalue weighted by molar-refractivity contribution is -0.696. The van der Waals surface area contributed by atoms with Crippen molar-refractivity contribution >= 4 is 12.1 Å². The zero-order valence-electron chi connectivity index (χ0n) is 29.5. The van der Waals surface area contributed by atoms with Crippen molar-refractivity contribution in [1.82, 2.24) is 20.1 Å². The lowest BCUT2D eigenvalue weighted by atomic mass is 10.0. The van der Waals surface area contributed by atoms with Crippen LogP contribution in [0.2, 0.25) is 0 Å². The van der Waals surface area contributed by atoms with Crippen molar-refractivity contribution in [2.75, 3.05) is 33.4 Å². The molecule has 2 N–H and O–H groups in total. The summed E-state index contributed by atoms with van der Waals surface area (Å²) in [5, 5.41) is 5.58. The lowest BCUT2D eigenvalue weighted by Gasteiger charge is -2.30. The predicted molar refractivity (Wildman–Crippen MR) is 180 cm³/mol. The molecule has 0 aromatic carbocycles. The van der Waals surface area contributed by atoms with Crippen molar-refractivity contribution in [1.29, 1.82) is 0 Å². The van der Waals surface area contributed by atoms with E-state index in [1.54, 1.807) is 4.90 Å². The second kappa shape index (κ2) is 29.6. The van der Waals surface area contributed by atoms with E-state index in [0.717, 1.165) is 32.2 Å². The number of aryl methyl sites for hydroxylation is 2. The summed E-state index contributed by atoms with van der Waals surface area (Å²) in [6.07, 6.45) is 28.3. The number of rotatable bonds is 28. The molecule has 3 amide bonds. The quantitative estimate of drug-likeness (QED) is 0.0994. The number of ether oxygens (including phenoxy) is 2. The molecule has 0 aliphatic heterocycles. The van der Waals surface area contributed by atoms with E-state index in [4.69, 9.17) is 9.47 Å². The normalized spacial score (nSPS) is 11.7. The third-order valence-electron chi connectivity index (χ3n) is 8.15. The molecule has 0 saturated heterocycles. The highest BCUT2D eigenvalue weighted by Crippen LogP contribution is 2.14. The molecular weight excluding hydrogens is 634 g/mol. The monoisotopic (exact) mass is 701 g/mol. The molecule has 0 fully saturated rings. The number of carbonyl (C=O) groups is 2. The van der Waals surface area contributed by atoms with Gasteiger partial charge in [-0.25, -0.2) is 18.7 Å². The van der Waals surface area contributed by atoms with Crippen LogP contribution in [-0.2, 0) is 23.1 Å². The highest BCUT2D eigenvalue weighted by atomic mass is 79.9. The summed E-state index contributed by atoms with van der Waals surface area (Å²) >= 11 is 0. The molecule has 1 heterocycles. The number of amides is 3. The summed E-state index contributed by atoms with van der Waals surface area (Å²) in [6.45, 7) is 8.95. The van der Waals surface area contributed by atoms with Crippen molar-refractivity contribution in [2.24, 2.45) is 7.05 Å². The molecule has 9 nitrogen and oxygen atoms in total. The van der Waals surface area contributed by atoms with Crippen LogP contribution in [0.3, 0.4) is 0 Å². The molecule has 1 unspecified atom stereocenters. The molecule has 0 bridgehead atoms. The minimum atomic E-state index is -0.540. The summed E-state index contributed by atoms with van der Waals surface area (Å²) in [6, 6.07) is -0.147. The molecule has 1 aromatic heterocycles. The second-order valence-corrected chi connectivity index (χ2v) is 12.7.